The summed E-state index contributed by atoms with van der Waals surface area (Å²) in [6, 6.07) is 2.86. The first-order chi connectivity index (χ1) is 6.24. The van der Waals surface area contributed by atoms with Crippen LogP contribution in [0.25, 0.3) is 10.1 Å². The number of nitrogen functional groups attached to an aromatic ring is 1. The van der Waals surface area contributed by atoms with Crippen LogP contribution in [0.15, 0.2) is 17.5 Å². The summed E-state index contributed by atoms with van der Waals surface area (Å²) in [5.41, 5.74) is 6.88. The first kappa shape index (κ1) is 8.47. The molecule has 0 atom stereocenters. The number of halogens is 1. The Labute approximate surface area is 78.4 Å². The highest BCUT2D eigenvalue weighted by Crippen LogP contribution is 2.32. The van der Waals surface area contributed by atoms with Crippen molar-refractivity contribution in [1.82, 2.24) is 0 Å². The third-order valence-electron chi connectivity index (χ3n) is 1.95. The van der Waals surface area contributed by atoms with Crippen LogP contribution in [-0.2, 0) is 6.61 Å². The van der Waals surface area contributed by atoms with Crippen molar-refractivity contribution in [2.45, 2.75) is 6.61 Å². The molecule has 4 heteroatoms. The molecule has 0 radical (unpaired) electrons. The van der Waals surface area contributed by atoms with Gasteiger partial charge in [-0.3, -0.25) is 0 Å². The van der Waals surface area contributed by atoms with Gasteiger partial charge in [0, 0.05) is 11.1 Å². The first-order valence-electron chi connectivity index (χ1n) is 3.79. The third kappa shape index (κ3) is 1.18. The average molecular weight is 197 g/mol. The van der Waals surface area contributed by atoms with E-state index in [1.807, 2.05) is 0 Å². The van der Waals surface area contributed by atoms with E-state index in [0.29, 0.717) is 21.3 Å². The van der Waals surface area contributed by atoms with Crippen molar-refractivity contribution in [2.24, 2.45) is 0 Å². The lowest BCUT2D eigenvalue weighted by atomic mass is 10.1. The summed E-state index contributed by atoms with van der Waals surface area (Å²) in [6.45, 7) is -0.104. The van der Waals surface area contributed by atoms with Crippen LogP contribution in [0.1, 0.15) is 5.56 Å². The summed E-state index contributed by atoms with van der Waals surface area (Å²) in [6.07, 6.45) is 0. The van der Waals surface area contributed by atoms with Crippen molar-refractivity contribution in [3.05, 3.63) is 28.9 Å². The Morgan fingerprint density at radius 2 is 2.23 bits per heavy atom. The zero-order chi connectivity index (χ0) is 9.42. The average Bonchev–Trinajstić information content (AvgIpc) is 2.56. The third-order valence-corrected chi connectivity index (χ3v) is 2.99. The fourth-order valence-electron chi connectivity index (χ4n) is 1.32. The second-order valence-corrected chi connectivity index (χ2v) is 3.64. The van der Waals surface area contributed by atoms with E-state index >= 15 is 0 Å². The van der Waals surface area contributed by atoms with E-state index in [0.717, 1.165) is 0 Å². The molecule has 0 saturated heterocycles. The van der Waals surface area contributed by atoms with Crippen molar-refractivity contribution in [3.63, 3.8) is 0 Å². The predicted octanol–water partition coefficient (Wildman–Crippen LogP) is 2.11. The van der Waals surface area contributed by atoms with Gasteiger partial charge in [-0.1, -0.05) is 0 Å². The molecule has 68 valence electrons. The van der Waals surface area contributed by atoms with Crippen LogP contribution in [0.2, 0.25) is 0 Å². The highest BCUT2D eigenvalue weighted by atomic mass is 32.1. The maximum Gasteiger partial charge on any atom is 0.141 e. The van der Waals surface area contributed by atoms with E-state index in [1.165, 1.54) is 23.5 Å². The van der Waals surface area contributed by atoms with E-state index in [-0.39, 0.29) is 12.4 Å². The van der Waals surface area contributed by atoms with Crippen molar-refractivity contribution < 1.29 is 9.50 Å². The van der Waals surface area contributed by atoms with Gasteiger partial charge in [0.1, 0.15) is 5.82 Å². The Morgan fingerprint density at radius 3 is 2.92 bits per heavy atom. The Kier molecular flexibility index (Phi) is 1.94. The number of thiophene rings is 1. The number of nitrogens with two attached hydrogens (primary N) is 1. The Hall–Kier alpha value is -1.13. The number of aliphatic hydroxyl groups is 1. The highest BCUT2D eigenvalue weighted by Gasteiger charge is 2.09. The topological polar surface area (TPSA) is 46.2 Å². The van der Waals surface area contributed by atoms with E-state index in [2.05, 4.69) is 0 Å². The molecule has 0 aliphatic rings. The lowest BCUT2D eigenvalue weighted by Crippen LogP contribution is -1.89. The second-order valence-electron chi connectivity index (χ2n) is 2.76. The standard InChI is InChI=1S/C9H8FNOS/c10-6-1-2-7(11)8-5(3-12)4-13-9(6)8/h1-2,4,12H,3,11H2. The number of rotatable bonds is 1. The molecule has 0 spiro atoms. The zero-order valence-electron chi connectivity index (χ0n) is 6.75. The largest absolute Gasteiger partial charge is 0.398 e. The normalized spacial score (nSPS) is 10.9. The molecule has 1 heterocycles. The summed E-state index contributed by atoms with van der Waals surface area (Å²) >= 11 is 1.26. The SMILES string of the molecule is Nc1ccc(F)c2scc(CO)c12. The summed E-state index contributed by atoms with van der Waals surface area (Å²) in [4.78, 5) is 0. The molecule has 0 aliphatic carbocycles. The molecule has 0 saturated carbocycles. The van der Waals surface area contributed by atoms with Crippen molar-refractivity contribution in [3.8, 4) is 0 Å². The summed E-state index contributed by atoms with van der Waals surface area (Å²) in [5, 5.41) is 11.3. The molecule has 1 aromatic heterocycles. The van der Waals surface area contributed by atoms with Crippen LogP contribution >= 0.6 is 11.3 Å². The minimum absolute atomic E-state index is 0.104. The van der Waals surface area contributed by atoms with Gasteiger partial charge in [0.05, 0.1) is 11.3 Å². The lowest BCUT2D eigenvalue weighted by Gasteiger charge is -1.99. The van der Waals surface area contributed by atoms with Crippen LogP contribution in [-0.4, -0.2) is 5.11 Å². The van der Waals surface area contributed by atoms with Crippen molar-refractivity contribution in [2.75, 3.05) is 5.73 Å². The predicted molar refractivity (Wildman–Crippen MR) is 52.1 cm³/mol. The molecule has 0 fully saturated rings. The van der Waals surface area contributed by atoms with Gasteiger partial charge in [-0.2, -0.15) is 0 Å². The molecule has 13 heavy (non-hydrogen) atoms. The minimum atomic E-state index is -0.283. The van der Waals surface area contributed by atoms with Crippen LogP contribution in [0.3, 0.4) is 0 Å². The zero-order valence-corrected chi connectivity index (χ0v) is 7.57. The van der Waals surface area contributed by atoms with E-state index in [1.54, 1.807) is 5.38 Å². The quantitative estimate of drug-likeness (QED) is 0.688. The lowest BCUT2D eigenvalue weighted by molar-refractivity contribution is 0.284. The molecule has 2 nitrogen and oxygen atoms in total. The fourth-order valence-corrected chi connectivity index (χ4v) is 2.32. The van der Waals surface area contributed by atoms with E-state index in [4.69, 9.17) is 10.8 Å². The molecular weight excluding hydrogens is 189 g/mol. The molecule has 2 aromatic rings. The van der Waals surface area contributed by atoms with Crippen LogP contribution in [0.4, 0.5) is 10.1 Å². The summed E-state index contributed by atoms with van der Waals surface area (Å²) in [5.74, 6) is -0.283. The van der Waals surface area contributed by atoms with E-state index < -0.39 is 0 Å². The summed E-state index contributed by atoms with van der Waals surface area (Å²) < 4.78 is 13.7. The molecule has 3 N–H and O–H groups in total. The number of anilines is 1. The molecule has 2 rings (SSSR count). The van der Waals surface area contributed by atoms with Crippen LogP contribution in [0, 0.1) is 5.82 Å². The fraction of sp³-hybridized carbons (Fsp3) is 0.111. The van der Waals surface area contributed by atoms with Gasteiger partial charge < -0.3 is 10.8 Å². The van der Waals surface area contributed by atoms with Gasteiger partial charge in [-0.05, 0) is 23.1 Å². The van der Waals surface area contributed by atoms with Gasteiger partial charge in [-0.25, -0.2) is 4.39 Å². The van der Waals surface area contributed by atoms with Crippen molar-refractivity contribution >= 4 is 27.1 Å². The summed E-state index contributed by atoms with van der Waals surface area (Å²) in [7, 11) is 0. The molecule has 0 aliphatic heterocycles. The molecule has 0 bridgehead atoms. The first-order valence-corrected chi connectivity index (χ1v) is 4.67. The monoisotopic (exact) mass is 197 g/mol. The highest BCUT2D eigenvalue weighted by molar-refractivity contribution is 7.17. The maximum atomic E-state index is 13.2. The van der Waals surface area contributed by atoms with Gasteiger partial charge in [0.2, 0.25) is 0 Å². The molecule has 0 unspecified atom stereocenters. The molecular formula is C9H8FNOS. The Bertz CT molecular complexity index is 452. The second kappa shape index (κ2) is 2.97. The van der Waals surface area contributed by atoms with E-state index in [9.17, 15) is 4.39 Å². The number of hydrogen-bond acceptors (Lipinski definition) is 3. The smallest absolute Gasteiger partial charge is 0.141 e. The number of benzene rings is 1. The minimum Gasteiger partial charge on any atom is -0.398 e. The van der Waals surface area contributed by atoms with Gasteiger partial charge in [-0.15, -0.1) is 11.3 Å². The van der Waals surface area contributed by atoms with Crippen LogP contribution in [0.5, 0.6) is 0 Å². The van der Waals surface area contributed by atoms with Gasteiger partial charge >= 0.3 is 0 Å². The Morgan fingerprint density at radius 1 is 1.46 bits per heavy atom. The van der Waals surface area contributed by atoms with Gasteiger partial charge in [0.25, 0.3) is 0 Å². The number of aliphatic hydroxyl groups excluding tert-OH is 1. The molecule has 1 aromatic carbocycles. The number of fused-ring (bicyclic) bond motifs is 1. The van der Waals surface area contributed by atoms with Crippen molar-refractivity contribution in [1.29, 1.82) is 0 Å². The van der Waals surface area contributed by atoms with Gasteiger partial charge in [0.15, 0.2) is 0 Å². The maximum absolute atomic E-state index is 13.2. The van der Waals surface area contributed by atoms with Crippen LogP contribution < -0.4 is 5.73 Å². The Balaban J connectivity index is 2.87. The molecule has 0 amide bonds. The number of hydrogen-bond donors (Lipinski definition) is 2.